The standard InChI is InChI=1S/C17H29Cl2IN4O2S/c1-2-27(25,26)24-8-6-23(7-9-24)17-5-3-4-16(22-17)21-15-11-13(19)12(18)10-14(15)20/h2,12-17,21-22H,1,3-11H2. The second-order valence-electron chi connectivity index (χ2n) is 7.61. The molecule has 0 amide bonds. The van der Waals surface area contributed by atoms with E-state index < -0.39 is 10.0 Å². The molecule has 1 saturated carbocycles. The van der Waals surface area contributed by atoms with E-state index in [1.54, 1.807) is 0 Å². The zero-order chi connectivity index (χ0) is 19.6. The van der Waals surface area contributed by atoms with Crippen molar-refractivity contribution in [1.29, 1.82) is 0 Å². The maximum atomic E-state index is 11.9. The SMILES string of the molecule is C=CS(=O)(=O)N1CCN(C2CCCC(NC3CC(Cl)C(Cl)CC3I)N2)CC1. The van der Waals surface area contributed by atoms with E-state index in [0.717, 1.165) is 50.6 Å². The third kappa shape index (κ3) is 5.71. The van der Waals surface area contributed by atoms with Crippen LogP contribution in [-0.2, 0) is 10.0 Å². The molecule has 0 aromatic heterocycles. The van der Waals surface area contributed by atoms with Crippen molar-refractivity contribution < 1.29 is 8.42 Å². The van der Waals surface area contributed by atoms with E-state index in [9.17, 15) is 8.42 Å². The fourth-order valence-electron chi connectivity index (χ4n) is 4.20. The monoisotopic (exact) mass is 550 g/mol. The van der Waals surface area contributed by atoms with Gasteiger partial charge < -0.3 is 0 Å². The Hall–Kier alpha value is 0.840. The van der Waals surface area contributed by atoms with Crippen LogP contribution in [0.4, 0.5) is 0 Å². The average Bonchev–Trinajstić information content (AvgIpc) is 2.66. The Morgan fingerprint density at radius 2 is 1.78 bits per heavy atom. The second kappa shape index (κ2) is 9.76. The number of nitrogens with zero attached hydrogens (tertiary/aromatic N) is 2. The first-order chi connectivity index (χ1) is 12.8. The molecule has 6 atom stereocenters. The first-order valence-corrected chi connectivity index (χ1v) is 13.2. The molecular weight excluding hydrogens is 522 g/mol. The Balaban J connectivity index is 1.51. The second-order valence-corrected chi connectivity index (χ2v) is 12.2. The van der Waals surface area contributed by atoms with Crippen LogP contribution in [0.5, 0.6) is 0 Å². The summed E-state index contributed by atoms with van der Waals surface area (Å²) in [6.45, 7) is 5.95. The molecule has 0 spiro atoms. The first-order valence-electron chi connectivity index (χ1n) is 9.61. The summed E-state index contributed by atoms with van der Waals surface area (Å²) >= 11 is 15.2. The van der Waals surface area contributed by atoms with Gasteiger partial charge in [0.25, 0.3) is 0 Å². The highest BCUT2D eigenvalue weighted by molar-refractivity contribution is 14.1. The zero-order valence-electron chi connectivity index (χ0n) is 15.4. The molecule has 2 saturated heterocycles. The van der Waals surface area contributed by atoms with Crippen LogP contribution in [0.3, 0.4) is 0 Å². The maximum absolute atomic E-state index is 11.9. The third-order valence-corrected chi connectivity index (χ3v) is 9.80. The molecule has 2 N–H and O–H groups in total. The predicted molar refractivity (Wildman–Crippen MR) is 120 cm³/mol. The Morgan fingerprint density at radius 1 is 1.11 bits per heavy atom. The van der Waals surface area contributed by atoms with Gasteiger partial charge in [-0.15, -0.1) is 23.2 Å². The molecule has 156 valence electrons. The molecule has 0 radical (unpaired) electrons. The van der Waals surface area contributed by atoms with Gasteiger partial charge in [-0.1, -0.05) is 29.2 Å². The lowest BCUT2D eigenvalue weighted by molar-refractivity contribution is 0.0736. The molecule has 6 unspecified atom stereocenters. The van der Waals surface area contributed by atoms with Gasteiger partial charge in [0, 0.05) is 41.6 Å². The van der Waals surface area contributed by atoms with E-state index in [-0.39, 0.29) is 23.1 Å². The van der Waals surface area contributed by atoms with Gasteiger partial charge >= 0.3 is 0 Å². The van der Waals surface area contributed by atoms with Gasteiger partial charge in [0.2, 0.25) is 10.0 Å². The molecule has 2 heterocycles. The molecule has 10 heteroatoms. The Labute approximate surface area is 186 Å². The highest BCUT2D eigenvalue weighted by Gasteiger charge is 2.37. The van der Waals surface area contributed by atoms with Crippen LogP contribution in [-0.4, -0.2) is 76.9 Å². The summed E-state index contributed by atoms with van der Waals surface area (Å²) in [6, 6.07) is 0.369. The molecule has 3 fully saturated rings. The summed E-state index contributed by atoms with van der Waals surface area (Å²) in [7, 11) is -3.31. The van der Waals surface area contributed by atoms with Crippen LogP contribution in [0, 0.1) is 0 Å². The van der Waals surface area contributed by atoms with E-state index in [1.807, 2.05) is 0 Å². The maximum Gasteiger partial charge on any atom is 0.235 e. The van der Waals surface area contributed by atoms with E-state index in [4.69, 9.17) is 23.2 Å². The quantitative estimate of drug-likeness (QED) is 0.406. The molecule has 3 aliphatic rings. The van der Waals surface area contributed by atoms with Gasteiger partial charge in [-0.05, 0) is 32.1 Å². The van der Waals surface area contributed by atoms with Crippen LogP contribution in [0.2, 0.25) is 0 Å². The number of rotatable bonds is 5. The minimum absolute atomic E-state index is 0.0226. The summed E-state index contributed by atoms with van der Waals surface area (Å²) in [4.78, 5) is 2.37. The van der Waals surface area contributed by atoms with Gasteiger partial charge in [-0.2, -0.15) is 4.31 Å². The number of piperazine rings is 1. The van der Waals surface area contributed by atoms with Crippen molar-refractivity contribution in [3.63, 3.8) is 0 Å². The number of alkyl halides is 3. The van der Waals surface area contributed by atoms with E-state index in [2.05, 4.69) is 44.7 Å². The van der Waals surface area contributed by atoms with Gasteiger partial charge in [-0.3, -0.25) is 15.5 Å². The highest BCUT2D eigenvalue weighted by atomic mass is 127. The predicted octanol–water partition coefficient (Wildman–Crippen LogP) is 2.27. The van der Waals surface area contributed by atoms with E-state index in [0.29, 0.717) is 23.1 Å². The Morgan fingerprint density at radius 3 is 2.44 bits per heavy atom. The molecule has 0 bridgehead atoms. The van der Waals surface area contributed by atoms with Gasteiger partial charge in [0.15, 0.2) is 0 Å². The first kappa shape index (κ1) is 22.5. The lowest BCUT2D eigenvalue weighted by Gasteiger charge is -2.44. The molecule has 3 rings (SSSR count). The van der Waals surface area contributed by atoms with Crippen molar-refractivity contribution >= 4 is 55.8 Å². The number of hydrogen-bond donors (Lipinski definition) is 2. The smallest absolute Gasteiger partial charge is 0.235 e. The minimum atomic E-state index is -3.31. The van der Waals surface area contributed by atoms with Crippen molar-refractivity contribution in [3.05, 3.63) is 12.0 Å². The fraction of sp³-hybridized carbons (Fsp3) is 0.882. The summed E-state index contributed by atoms with van der Waals surface area (Å²) < 4.78 is 25.9. The number of hydrogen-bond acceptors (Lipinski definition) is 5. The molecule has 6 nitrogen and oxygen atoms in total. The van der Waals surface area contributed by atoms with Crippen molar-refractivity contribution in [2.24, 2.45) is 0 Å². The van der Waals surface area contributed by atoms with Crippen LogP contribution in [0.1, 0.15) is 32.1 Å². The molecular formula is C17H29Cl2IN4O2S. The van der Waals surface area contributed by atoms with Crippen LogP contribution < -0.4 is 10.6 Å². The van der Waals surface area contributed by atoms with E-state index >= 15 is 0 Å². The normalized spacial score (nSPS) is 40.0. The van der Waals surface area contributed by atoms with Crippen molar-refractivity contribution in [2.45, 2.75) is 65.2 Å². The number of nitrogens with one attached hydrogen (secondary N) is 2. The fourth-order valence-corrected chi connectivity index (χ4v) is 7.03. The van der Waals surface area contributed by atoms with Crippen LogP contribution >= 0.6 is 45.8 Å². The van der Waals surface area contributed by atoms with Gasteiger partial charge in [0.05, 0.1) is 23.1 Å². The number of sulfonamides is 1. The van der Waals surface area contributed by atoms with Gasteiger partial charge in [0.1, 0.15) is 0 Å². The van der Waals surface area contributed by atoms with E-state index in [1.165, 1.54) is 4.31 Å². The summed E-state index contributed by atoms with van der Waals surface area (Å²) in [6.07, 6.45) is 5.71. The largest absolute Gasteiger partial charge is 0.298 e. The Kier molecular flexibility index (Phi) is 8.15. The Bertz CT molecular complexity index is 618. The summed E-state index contributed by atoms with van der Waals surface area (Å²) in [5.74, 6) is 0. The lowest BCUT2D eigenvalue weighted by Crippen LogP contribution is -2.63. The number of halogens is 3. The summed E-state index contributed by atoms with van der Waals surface area (Å²) in [5.41, 5.74) is 0. The molecule has 2 aliphatic heterocycles. The molecule has 1 aliphatic carbocycles. The summed E-state index contributed by atoms with van der Waals surface area (Å²) in [5, 5.41) is 8.62. The highest BCUT2D eigenvalue weighted by Crippen LogP contribution is 2.33. The minimum Gasteiger partial charge on any atom is -0.298 e. The van der Waals surface area contributed by atoms with Crippen molar-refractivity contribution in [3.8, 4) is 0 Å². The van der Waals surface area contributed by atoms with Crippen molar-refractivity contribution in [2.75, 3.05) is 26.2 Å². The lowest BCUT2D eigenvalue weighted by atomic mass is 9.93. The van der Waals surface area contributed by atoms with Crippen LogP contribution in [0.15, 0.2) is 12.0 Å². The average molecular weight is 551 g/mol. The molecule has 27 heavy (non-hydrogen) atoms. The van der Waals surface area contributed by atoms with Crippen molar-refractivity contribution in [1.82, 2.24) is 19.8 Å². The topological polar surface area (TPSA) is 64.7 Å². The van der Waals surface area contributed by atoms with Crippen LogP contribution in [0.25, 0.3) is 0 Å². The molecule has 0 aromatic rings. The third-order valence-electron chi connectivity index (χ3n) is 5.82. The zero-order valence-corrected chi connectivity index (χ0v) is 19.9. The number of piperidine rings is 1. The van der Waals surface area contributed by atoms with Gasteiger partial charge in [-0.25, -0.2) is 8.42 Å². The molecule has 0 aromatic carbocycles.